The Kier molecular flexibility index (Phi) is 3.79. The first-order chi connectivity index (χ1) is 8.70. The van der Waals surface area contributed by atoms with Crippen molar-refractivity contribution in [3.8, 4) is 11.5 Å². The van der Waals surface area contributed by atoms with Gasteiger partial charge in [-0.15, -0.1) is 0 Å². The maximum Gasteiger partial charge on any atom is 0.343 e. The van der Waals surface area contributed by atoms with Crippen LogP contribution in [0.25, 0.3) is 0 Å². The number of methoxy groups -OCH3 is 1. The van der Waals surface area contributed by atoms with E-state index in [1.165, 1.54) is 25.4 Å². The Labute approximate surface area is 109 Å². The number of rotatable bonds is 3. The molecule has 0 aliphatic heterocycles. The first-order valence-corrected chi connectivity index (χ1v) is 5.55. The number of hydrogen-bond donors (Lipinski definition) is 0. The van der Waals surface area contributed by atoms with Gasteiger partial charge in [0.05, 0.1) is 12.7 Å². The lowest BCUT2D eigenvalue weighted by molar-refractivity contribution is 0.0729. The Morgan fingerprint density at radius 1 is 1.22 bits per heavy atom. The summed E-state index contributed by atoms with van der Waals surface area (Å²) in [4.78, 5) is 15.7. The molecule has 1 aromatic heterocycles. The minimum absolute atomic E-state index is 0.240. The monoisotopic (exact) mass is 263 g/mol. The molecule has 0 radical (unpaired) electrons. The van der Waals surface area contributed by atoms with Crippen LogP contribution in [0.2, 0.25) is 5.15 Å². The zero-order valence-corrected chi connectivity index (χ0v) is 10.3. The van der Waals surface area contributed by atoms with E-state index in [0.29, 0.717) is 17.1 Å². The number of benzene rings is 1. The first kappa shape index (κ1) is 12.4. The molecule has 0 saturated carbocycles. The van der Waals surface area contributed by atoms with Crippen LogP contribution in [0.15, 0.2) is 42.6 Å². The fourth-order valence-corrected chi connectivity index (χ4v) is 1.57. The molecule has 92 valence electrons. The van der Waals surface area contributed by atoms with Gasteiger partial charge < -0.3 is 9.47 Å². The average molecular weight is 264 g/mol. The van der Waals surface area contributed by atoms with Gasteiger partial charge in [0.2, 0.25) is 0 Å². The maximum absolute atomic E-state index is 11.9. The highest BCUT2D eigenvalue weighted by atomic mass is 35.5. The molecule has 18 heavy (non-hydrogen) atoms. The molecule has 0 saturated heterocycles. The number of carbonyl (C=O) groups excluding carboxylic acids is 1. The standard InChI is InChI=1S/C13H10ClNO3/c1-17-10-4-2-3-5-11(10)18-13(16)9-6-7-15-12(14)8-9/h2-8H,1H3. The van der Waals surface area contributed by atoms with Crippen molar-refractivity contribution in [3.05, 3.63) is 53.3 Å². The molecule has 0 spiro atoms. The number of hydrogen-bond acceptors (Lipinski definition) is 4. The van der Waals surface area contributed by atoms with E-state index >= 15 is 0 Å². The summed E-state index contributed by atoms with van der Waals surface area (Å²) in [6.45, 7) is 0. The van der Waals surface area contributed by atoms with Gasteiger partial charge in [0.1, 0.15) is 5.15 Å². The molecule has 5 heteroatoms. The summed E-state index contributed by atoms with van der Waals surface area (Å²) in [5, 5.41) is 0.240. The van der Waals surface area contributed by atoms with Crippen LogP contribution in [-0.2, 0) is 0 Å². The van der Waals surface area contributed by atoms with Gasteiger partial charge in [0.15, 0.2) is 11.5 Å². The molecule has 0 atom stereocenters. The summed E-state index contributed by atoms with van der Waals surface area (Å²) in [6, 6.07) is 9.88. The second-order valence-corrected chi connectivity index (χ2v) is 3.79. The van der Waals surface area contributed by atoms with E-state index in [4.69, 9.17) is 21.1 Å². The summed E-state index contributed by atoms with van der Waals surface area (Å²) in [5.41, 5.74) is 0.334. The average Bonchev–Trinajstić information content (AvgIpc) is 2.39. The van der Waals surface area contributed by atoms with Crippen LogP contribution in [0.4, 0.5) is 0 Å². The second-order valence-electron chi connectivity index (χ2n) is 3.41. The highest BCUT2D eigenvalue weighted by molar-refractivity contribution is 6.29. The fourth-order valence-electron chi connectivity index (χ4n) is 1.39. The van der Waals surface area contributed by atoms with Crippen LogP contribution in [0.3, 0.4) is 0 Å². The number of ether oxygens (including phenoxy) is 2. The Bertz CT molecular complexity index is 572. The summed E-state index contributed by atoms with van der Waals surface area (Å²) >= 11 is 5.71. The first-order valence-electron chi connectivity index (χ1n) is 5.17. The topological polar surface area (TPSA) is 48.4 Å². The van der Waals surface area contributed by atoms with E-state index in [9.17, 15) is 4.79 Å². The molecule has 0 aliphatic rings. The normalized spacial score (nSPS) is 9.89. The van der Waals surface area contributed by atoms with Gasteiger partial charge in [-0.3, -0.25) is 0 Å². The zero-order valence-electron chi connectivity index (χ0n) is 9.59. The van der Waals surface area contributed by atoms with Gasteiger partial charge in [-0.1, -0.05) is 23.7 Å². The number of nitrogens with zero attached hydrogens (tertiary/aromatic N) is 1. The molecule has 0 N–H and O–H groups in total. The van der Waals surface area contributed by atoms with Crippen molar-refractivity contribution in [1.82, 2.24) is 4.98 Å². The Hall–Kier alpha value is -2.07. The molecule has 1 aromatic carbocycles. The molecule has 2 rings (SSSR count). The molecule has 0 fully saturated rings. The quantitative estimate of drug-likeness (QED) is 0.485. The minimum atomic E-state index is -0.510. The largest absolute Gasteiger partial charge is 0.493 e. The Morgan fingerprint density at radius 2 is 1.94 bits per heavy atom. The third-order valence-corrected chi connectivity index (χ3v) is 2.44. The van der Waals surface area contributed by atoms with Crippen LogP contribution in [0, 0.1) is 0 Å². The van der Waals surface area contributed by atoms with E-state index in [-0.39, 0.29) is 5.15 Å². The van der Waals surface area contributed by atoms with Gasteiger partial charge in [-0.25, -0.2) is 9.78 Å². The molecule has 1 heterocycles. The maximum atomic E-state index is 11.9. The van der Waals surface area contributed by atoms with Crippen molar-refractivity contribution >= 4 is 17.6 Å². The third-order valence-electron chi connectivity index (χ3n) is 2.23. The Morgan fingerprint density at radius 3 is 2.61 bits per heavy atom. The minimum Gasteiger partial charge on any atom is -0.493 e. The van der Waals surface area contributed by atoms with Crippen molar-refractivity contribution in [3.63, 3.8) is 0 Å². The van der Waals surface area contributed by atoms with Crippen LogP contribution >= 0.6 is 11.6 Å². The van der Waals surface area contributed by atoms with E-state index < -0.39 is 5.97 Å². The molecule has 4 nitrogen and oxygen atoms in total. The number of halogens is 1. The number of aromatic nitrogens is 1. The highest BCUT2D eigenvalue weighted by Gasteiger charge is 2.12. The predicted molar refractivity (Wildman–Crippen MR) is 67.2 cm³/mol. The molecular formula is C13H10ClNO3. The SMILES string of the molecule is COc1ccccc1OC(=O)c1ccnc(Cl)c1. The summed E-state index contributed by atoms with van der Waals surface area (Å²) in [7, 11) is 1.51. The van der Waals surface area contributed by atoms with Gasteiger partial charge in [-0.05, 0) is 24.3 Å². The van der Waals surface area contributed by atoms with Crippen LogP contribution in [-0.4, -0.2) is 18.1 Å². The van der Waals surface area contributed by atoms with Crippen molar-refractivity contribution in [1.29, 1.82) is 0 Å². The molecule has 0 unspecified atom stereocenters. The van der Waals surface area contributed by atoms with Gasteiger partial charge in [0, 0.05) is 6.20 Å². The van der Waals surface area contributed by atoms with Crippen LogP contribution < -0.4 is 9.47 Å². The van der Waals surface area contributed by atoms with Gasteiger partial charge in [-0.2, -0.15) is 0 Å². The van der Waals surface area contributed by atoms with E-state index in [1.54, 1.807) is 24.3 Å². The summed E-state index contributed by atoms with van der Waals surface area (Å²) in [5.74, 6) is 0.340. The molecule has 2 aromatic rings. The van der Waals surface area contributed by atoms with Crippen LogP contribution in [0.1, 0.15) is 10.4 Å². The van der Waals surface area contributed by atoms with Gasteiger partial charge in [0.25, 0.3) is 0 Å². The predicted octanol–water partition coefficient (Wildman–Crippen LogP) is 2.96. The molecular weight excluding hydrogens is 254 g/mol. The van der Waals surface area contributed by atoms with Crippen molar-refractivity contribution < 1.29 is 14.3 Å². The van der Waals surface area contributed by atoms with Crippen molar-refractivity contribution in [2.24, 2.45) is 0 Å². The Balaban J connectivity index is 2.21. The summed E-state index contributed by atoms with van der Waals surface area (Å²) < 4.78 is 10.3. The third kappa shape index (κ3) is 2.78. The van der Waals surface area contributed by atoms with Crippen LogP contribution in [0.5, 0.6) is 11.5 Å². The zero-order chi connectivity index (χ0) is 13.0. The molecule has 0 bridgehead atoms. The molecule has 0 aliphatic carbocycles. The smallest absolute Gasteiger partial charge is 0.343 e. The highest BCUT2D eigenvalue weighted by Crippen LogP contribution is 2.26. The van der Waals surface area contributed by atoms with E-state index in [0.717, 1.165) is 0 Å². The van der Waals surface area contributed by atoms with Crippen molar-refractivity contribution in [2.75, 3.05) is 7.11 Å². The lowest BCUT2D eigenvalue weighted by Gasteiger charge is -2.08. The van der Waals surface area contributed by atoms with E-state index in [2.05, 4.69) is 4.98 Å². The van der Waals surface area contributed by atoms with Crippen molar-refractivity contribution in [2.45, 2.75) is 0 Å². The lowest BCUT2D eigenvalue weighted by Crippen LogP contribution is -2.09. The van der Waals surface area contributed by atoms with E-state index in [1.807, 2.05) is 0 Å². The lowest BCUT2D eigenvalue weighted by atomic mass is 10.2. The van der Waals surface area contributed by atoms with Gasteiger partial charge >= 0.3 is 5.97 Å². The number of carbonyl (C=O) groups is 1. The number of para-hydroxylation sites is 2. The second kappa shape index (κ2) is 5.51. The summed E-state index contributed by atoms with van der Waals surface area (Å²) in [6.07, 6.45) is 1.45. The fraction of sp³-hybridized carbons (Fsp3) is 0.0769. The number of pyridine rings is 1. The molecule has 0 amide bonds. The number of esters is 1.